The van der Waals surface area contributed by atoms with Crippen molar-refractivity contribution in [2.24, 2.45) is 91.0 Å². The van der Waals surface area contributed by atoms with Crippen LogP contribution in [0.4, 0.5) is 0 Å². The van der Waals surface area contributed by atoms with Crippen LogP contribution in [-0.2, 0) is 79.5 Å². The predicted molar refractivity (Wildman–Crippen MR) is 390 cm³/mol. The third kappa shape index (κ3) is 20.0. The molecule has 44 N–H and O–H groups in total. The lowest BCUT2D eigenvalue weighted by atomic mass is 9.84. The molecule has 3 aromatic rings. The van der Waals surface area contributed by atoms with Crippen molar-refractivity contribution < 1.29 is 133 Å². The molecule has 116 heavy (non-hydrogen) atoms. The second-order valence-corrected chi connectivity index (χ2v) is 30.2. The maximum atomic E-state index is 14.5. The molecule has 8 heterocycles. The summed E-state index contributed by atoms with van der Waals surface area (Å²) in [5, 5.41) is 157. The van der Waals surface area contributed by atoms with Crippen LogP contribution in [0.2, 0.25) is 0 Å². The Bertz CT molecular complexity index is 3540. The lowest BCUT2D eigenvalue weighted by Crippen LogP contribution is -2.68. The van der Waals surface area contributed by atoms with Crippen molar-refractivity contribution in [2.75, 3.05) is 39.3 Å². The van der Waals surface area contributed by atoms with Gasteiger partial charge in [-0.2, -0.15) is 0 Å². The molecule has 39 atom stereocenters. The topological polar surface area (TPSA) is 893 Å². The van der Waals surface area contributed by atoms with Crippen LogP contribution >= 0.6 is 0 Å². The zero-order valence-corrected chi connectivity index (χ0v) is 62.7. The third-order valence-electron chi connectivity index (χ3n) is 22.0. The highest BCUT2D eigenvalue weighted by Crippen LogP contribution is 2.39. The summed E-state index contributed by atoms with van der Waals surface area (Å²) >= 11 is 0. The molecule has 0 bridgehead atoms. The summed E-state index contributed by atoms with van der Waals surface area (Å²) in [5.74, 6) is -2.81. The molecule has 6 aliphatic heterocycles. The third-order valence-corrected chi connectivity index (χ3v) is 22.0. The molecule has 0 unspecified atom stereocenters. The fourth-order valence-electron chi connectivity index (χ4n) is 15.2. The number of hydrogen-bond acceptors (Lipinski definition) is 44. The van der Waals surface area contributed by atoms with Crippen molar-refractivity contribution in [1.82, 2.24) is 40.6 Å². The Kier molecular flexibility index (Phi) is 30.5. The zero-order valence-electron chi connectivity index (χ0n) is 62.7. The summed E-state index contributed by atoms with van der Waals surface area (Å²) in [7, 11) is 0. The van der Waals surface area contributed by atoms with Crippen LogP contribution in [0.3, 0.4) is 0 Å². The first kappa shape index (κ1) is 90.5. The van der Waals surface area contributed by atoms with Crippen molar-refractivity contribution in [2.45, 2.75) is 277 Å². The fourth-order valence-corrected chi connectivity index (χ4v) is 15.2. The van der Waals surface area contributed by atoms with Crippen molar-refractivity contribution >= 4 is 23.7 Å². The van der Waals surface area contributed by atoms with E-state index in [0.717, 1.165) is 0 Å². The maximum absolute atomic E-state index is 14.5. The molecule has 1 aromatic carbocycles. The average Bonchev–Trinajstić information content (AvgIpc) is 1.51. The van der Waals surface area contributed by atoms with Gasteiger partial charge in [-0.1, -0.05) is 10.4 Å². The first-order valence-electron chi connectivity index (χ1n) is 37.8. The number of hydrogen-bond donors (Lipinski definition) is 29. The van der Waals surface area contributed by atoms with E-state index in [1.807, 2.05) is 0 Å². The Balaban J connectivity index is 0.897. The number of carbonyl (C=O) groups is 3. The highest BCUT2D eigenvalue weighted by Gasteiger charge is 2.58. The van der Waals surface area contributed by atoms with E-state index in [2.05, 4.69) is 36.3 Å². The largest absolute Gasteiger partial charge is 0.389 e. The van der Waals surface area contributed by atoms with E-state index in [4.69, 9.17) is 143 Å². The van der Waals surface area contributed by atoms with Gasteiger partial charge in [0.2, 0.25) is 11.8 Å². The number of guanidine groups is 1. The minimum Gasteiger partial charge on any atom is -0.389 e. The average molecular weight is 1660 g/mol. The molecule has 6 saturated heterocycles. The molecule has 51 nitrogen and oxygen atoms in total. The van der Waals surface area contributed by atoms with Crippen LogP contribution in [0.5, 0.6) is 0 Å². The summed E-state index contributed by atoms with van der Waals surface area (Å²) in [6.07, 6.45) is -43.2. The summed E-state index contributed by atoms with van der Waals surface area (Å²) in [4.78, 5) is 44.2. The molecule has 11 rings (SSSR count). The van der Waals surface area contributed by atoms with Gasteiger partial charge < -0.3 is 215 Å². The monoisotopic (exact) mass is 1660 g/mol. The van der Waals surface area contributed by atoms with Gasteiger partial charge in [0.1, 0.15) is 152 Å². The number of aliphatic hydroxyl groups is 12. The number of amides is 3. The first-order valence-corrected chi connectivity index (χ1v) is 37.8. The van der Waals surface area contributed by atoms with E-state index in [1.165, 1.54) is 40.0 Å². The quantitative estimate of drug-likeness (QED) is 0.0162. The molecular weight excluding hydrogens is 1550 g/mol. The van der Waals surface area contributed by atoms with Gasteiger partial charge in [-0.3, -0.25) is 19.4 Å². The van der Waals surface area contributed by atoms with Gasteiger partial charge in [-0.25, -0.2) is 9.36 Å². The van der Waals surface area contributed by atoms with E-state index < -0.39 is 276 Å². The van der Waals surface area contributed by atoms with Crippen LogP contribution in [-0.4, -0.2) is 393 Å². The van der Waals surface area contributed by atoms with Crippen LogP contribution in [0.25, 0.3) is 22.5 Å². The van der Waals surface area contributed by atoms with Crippen molar-refractivity contribution in [3.05, 3.63) is 36.2 Å². The molecule has 0 radical (unpaired) electrons. The Morgan fingerprint density at radius 1 is 0.448 bits per heavy atom. The van der Waals surface area contributed by atoms with Gasteiger partial charge in [-0.05, 0) is 43.9 Å². The normalized spacial score (nSPS) is 42.4. The van der Waals surface area contributed by atoms with Gasteiger partial charge in [0.15, 0.2) is 43.7 Å². The molecule has 0 spiro atoms. The SMILES string of the molecule is NC[C@@H]1O[C@@H](O[C@@H]2[C@@H](O[C@@H]3O[C@H](Cn4cc(-c5cc(C(=O)NCC(=O)N[C@@H](CCCN=C(N)N)C(N)=O)cc(-c6cn(C[C@H]7O[C@@H](O[C@@H]8[C@@H](O)[C@H](N)C[C@H](N)[C@H]8O[C@H]8O[C@H](CN)[C@@H](O)[C@H](O)[C@H]8N)[C@H](O)[C@@H]7O[C@H]7O[C@@H](CN)[C@@H](O)[C@H](O)[C@H]7N)nn6)c5)nn4)[C@@H](O[C@H]4O[C@@H](CN)[C@@H](O)[C@H](O)[C@H]4N)[C@H]3O)[C@H](O)[C@@H](N)C[C@H]2N)[C@@H](N)[C@H](O)[C@H]1O. The zero-order chi connectivity index (χ0) is 84.3. The van der Waals surface area contributed by atoms with E-state index in [1.54, 1.807) is 0 Å². The predicted octanol–water partition coefficient (Wildman–Crippen LogP) is -18.8. The Morgan fingerprint density at radius 3 is 1.14 bits per heavy atom. The van der Waals surface area contributed by atoms with Gasteiger partial charge in [0.05, 0.1) is 68.4 Å². The van der Waals surface area contributed by atoms with E-state index >= 15 is 0 Å². The number of nitrogens with zero attached hydrogens (tertiary/aromatic N) is 7. The molecule has 8 aliphatic rings. The number of nitrogens with two attached hydrogens (primary N) is 15. The molecule has 654 valence electrons. The number of rotatable bonds is 31. The van der Waals surface area contributed by atoms with Gasteiger partial charge in [-0.15, -0.1) is 10.2 Å². The fraction of sp³-hybridized carbons (Fsp3) is 0.785. The number of benzene rings is 1. The minimum absolute atomic E-state index is 0.0197. The Morgan fingerprint density at radius 2 is 0.793 bits per heavy atom. The summed E-state index contributed by atoms with van der Waals surface area (Å²) in [6.45, 7) is -2.63. The van der Waals surface area contributed by atoms with Crippen LogP contribution in [0.15, 0.2) is 35.6 Å². The van der Waals surface area contributed by atoms with Gasteiger partial charge in [0.25, 0.3) is 5.91 Å². The summed E-state index contributed by atoms with van der Waals surface area (Å²) in [5.41, 5.74) is 91.4. The highest BCUT2D eigenvalue weighted by atomic mass is 16.8. The highest BCUT2D eigenvalue weighted by molar-refractivity contribution is 5.99. The molecule has 3 amide bonds. The number of nitrogens with one attached hydrogen (secondary N) is 2. The molecule has 2 aromatic heterocycles. The number of aliphatic imine (C=N–C) groups is 1. The molecule has 2 aliphatic carbocycles. The summed E-state index contributed by atoms with van der Waals surface area (Å²) < 4.78 is 76.7. The smallest absolute Gasteiger partial charge is 0.251 e. The maximum Gasteiger partial charge on any atom is 0.251 e. The van der Waals surface area contributed by atoms with E-state index in [9.17, 15) is 75.7 Å². The lowest BCUT2D eigenvalue weighted by Gasteiger charge is -2.47. The standard InChI is InChI=1S/C65H112N24O27/c66-9-28-41(93)45(97)35(74)59(105-28)111-51-23(72)7-21(70)39(91)55(51)115-63-49(101)53(113-61-37(76)47(99)43(95)30(11-68)107-61)32(109-63)16-88-14-26(84-86-88)18-4-19(6-20(5-18)58(104)82-13-34(90)83-25(57(78)103)2-1-3-81-65(79)80)27-15-89(87-85-27)17-33-54(114-62-38(77)48(100)44(96)31(12-69)108-62)50(102)64(110-33)116-56-40(92)22(71)8-24(73)52(56)112-60-36(75)46(98)42(94)29(10-67)106-60/h4-6,14-15,21-25,28-33,35-56,59-64,91-102H,1-3,7-13,16-17,66-77H2,(H2,78,103)(H,82,104)(H,83,90)(H4,79,80,81)/t21-,22+,23+,24-,25-,28-,29+,30-,31-,32+,33+,35-,36+,37+,38+,39+,40-,41-,42+,43+,44+,45-,46+,47+,48+,49+,50+,51-,52+,53+,54+,55-,56+,59-,60+,61+,62+,63-,64-/m0/s1. The van der Waals surface area contributed by atoms with Gasteiger partial charge in [0, 0.05) is 73.6 Å². The number of carbonyl (C=O) groups excluding carboxylic acids is 3. The van der Waals surface area contributed by atoms with Crippen LogP contribution in [0, 0.1) is 0 Å². The lowest BCUT2D eigenvalue weighted by molar-refractivity contribution is -0.306. The number of aliphatic hydroxyl groups excluding tert-OH is 12. The minimum atomic E-state index is -1.88. The van der Waals surface area contributed by atoms with Gasteiger partial charge >= 0.3 is 0 Å². The van der Waals surface area contributed by atoms with E-state index in [0.29, 0.717) is 0 Å². The van der Waals surface area contributed by atoms with E-state index in [-0.39, 0.29) is 92.4 Å². The number of ether oxygens (including phenoxy) is 12. The molecule has 51 heteroatoms. The van der Waals surface area contributed by atoms with Crippen molar-refractivity contribution in [1.29, 1.82) is 0 Å². The molecule has 2 saturated carbocycles. The number of primary amides is 1. The van der Waals surface area contributed by atoms with Crippen molar-refractivity contribution in [3.8, 4) is 22.5 Å². The Labute approximate surface area is 661 Å². The van der Waals surface area contributed by atoms with Crippen LogP contribution in [0.1, 0.15) is 36.0 Å². The molecule has 8 fully saturated rings. The van der Waals surface area contributed by atoms with Crippen molar-refractivity contribution in [3.63, 3.8) is 0 Å². The first-order chi connectivity index (χ1) is 55.0. The second kappa shape index (κ2) is 39.1. The number of aromatic nitrogens is 6. The summed E-state index contributed by atoms with van der Waals surface area (Å²) in [6, 6.07) is -6.93. The Hall–Kier alpha value is -6.26. The molecular formula is C65H112N24O27. The van der Waals surface area contributed by atoms with Crippen LogP contribution < -0.4 is 96.6 Å². The second-order valence-electron chi connectivity index (χ2n) is 30.2.